The number of rotatable bonds is 21. The van der Waals surface area contributed by atoms with Gasteiger partial charge in [-0.2, -0.15) is 0 Å². The van der Waals surface area contributed by atoms with Crippen molar-refractivity contribution in [2.45, 2.75) is 18.4 Å². The van der Waals surface area contributed by atoms with Gasteiger partial charge >= 0.3 is 0 Å². The van der Waals surface area contributed by atoms with Crippen LogP contribution in [-0.2, 0) is 0 Å². The van der Waals surface area contributed by atoms with Crippen molar-refractivity contribution < 1.29 is 8.83 Å². The molecule has 0 aliphatic heterocycles. The van der Waals surface area contributed by atoms with Crippen molar-refractivity contribution in [3.63, 3.8) is 0 Å². The van der Waals surface area contributed by atoms with Gasteiger partial charge in [0, 0.05) is 101 Å². The second kappa shape index (κ2) is 32.4. The van der Waals surface area contributed by atoms with Crippen molar-refractivity contribution in [3.05, 3.63) is 496 Å². The van der Waals surface area contributed by atoms with Gasteiger partial charge < -0.3 is 28.4 Å². The van der Waals surface area contributed by atoms with Gasteiger partial charge in [0.1, 0.15) is 22.3 Å². The van der Waals surface area contributed by atoms with E-state index in [0.29, 0.717) is 0 Å². The molecule has 1 aliphatic rings. The number of para-hydroxylation sites is 6. The molecule has 0 fully saturated rings. The Labute approximate surface area is 705 Å². The maximum atomic E-state index is 6.60. The highest BCUT2D eigenvalue weighted by Gasteiger charge is 2.27. The standard InChI is InChI=1S/C115H82N4O2/c1-6-23-80(24-7-1)85-51-61-95(62-52-85)117(97-69-59-91(60-70-97)113(89-25-8-2-9-26-89)90-27-10-3-11-28-90)101-75-77-103(78-76-101)118(102-73-71-100(72-74-102)116(93-30-12-4-13-31-93)94-32-14-5-15-33-94)96-63-53-86(54-64-96)83-47-43-81(44-48-83)82-45-49-84(50-46-82)87-55-65-98(66-56-87)119(99-67-57-88(58-68-99)105-37-21-39-109-107-35-16-18-41-111(107)120-114(105)109)104-34-20-29-92(79-104)106-38-22-40-110-108-36-17-19-42-112(108)121-115(106)110/h1-75,77-79,101,113H,76H2. The van der Waals surface area contributed by atoms with Crippen LogP contribution in [0.2, 0.25) is 0 Å². The van der Waals surface area contributed by atoms with E-state index in [1.165, 1.54) is 27.8 Å². The minimum atomic E-state index is 0.00797. The molecular weight excluding hydrogens is 1470 g/mol. The van der Waals surface area contributed by atoms with Crippen LogP contribution in [0, 0.1) is 0 Å². The second-order valence-electron chi connectivity index (χ2n) is 31.0. The lowest BCUT2D eigenvalue weighted by Crippen LogP contribution is -2.31. The molecule has 2 aromatic heterocycles. The lowest BCUT2D eigenvalue weighted by atomic mass is 9.85. The molecule has 574 valence electrons. The van der Waals surface area contributed by atoms with E-state index in [1.54, 1.807) is 0 Å². The van der Waals surface area contributed by atoms with Crippen molar-refractivity contribution >= 4 is 101 Å². The molecule has 0 radical (unpaired) electrons. The third kappa shape index (κ3) is 14.5. The SMILES string of the molecule is C1=CC(N(c2ccc(-c3ccccc3)cc2)c2ccc(C(c3ccccc3)c3ccccc3)cc2)CC=C1N(c1ccc(-c2ccc(-c3ccc(-c4ccc(N(c5ccc(-c6cccc7c6oc6ccccc67)cc5)c5cccc(-c6cccc7c6oc6ccccc67)c5)cc4)cc3)cc2)cc1)c1ccc(N(c2ccccc2)c2ccccc2)cc1. The van der Waals surface area contributed by atoms with Crippen LogP contribution < -0.4 is 19.6 Å². The first-order chi connectivity index (χ1) is 60.0. The van der Waals surface area contributed by atoms with E-state index < -0.39 is 0 Å². The molecule has 1 atom stereocenters. The van der Waals surface area contributed by atoms with Crippen LogP contribution in [0.1, 0.15) is 29.0 Å². The topological polar surface area (TPSA) is 39.2 Å². The predicted octanol–water partition coefficient (Wildman–Crippen LogP) is 31.8. The first-order valence-electron chi connectivity index (χ1n) is 41.5. The summed E-state index contributed by atoms with van der Waals surface area (Å²) in [5.74, 6) is 0.0887. The average molecular weight is 1550 g/mol. The Morgan fingerprint density at radius 3 is 0.959 bits per heavy atom. The highest BCUT2D eigenvalue weighted by molar-refractivity contribution is 6.11. The number of benzene rings is 18. The third-order valence-electron chi connectivity index (χ3n) is 23.7. The molecule has 0 saturated heterocycles. The van der Waals surface area contributed by atoms with Gasteiger partial charge in [-0.1, -0.05) is 334 Å². The van der Waals surface area contributed by atoms with E-state index in [9.17, 15) is 0 Å². The summed E-state index contributed by atoms with van der Waals surface area (Å²) in [5.41, 5.74) is 32.6. The smallest absolute Gasteiger partial charge is 0.143 e. The fraction of sp³-hybridized carbons (Fsp3) is 0.0261. The minimum Gasteiger partial charge on any atom is -0.455 e. The highest BCUT2D eigenvalue weighted by Crippen LogP contribution is 2.46. The van der Waals surface area contributed by atoms with Crippen LogP contribution >= 0.6 is 0 Å². The Bertz CT molecular complexity index is 7020. The van der Waals surface area contributed by atoms with E-state index in [2.05, 4.69) is 469 Å². The fourth-order valence-corrected chi connectivity index (χ4v) is 17.7. The summed E-state index contributed by atoms with van der Waals surface area (Å²) in [4.78, 5) is 9.58. The molecule has 0 bridgehead atoms. The Morgan fingerprint density at radius 2 is 0.521 bits per heavy atom. The quantitative estimate of drug-likeness (QED) is 0.0668. The largest absolute Gasteiger partial charge is 0.455 e. The molecule has 0 amide bonds. The van der Waals surface area contributed by atoms with E-state index in [4.69, 9.17) is 8.83 Å². The van der Waals surface area contributed by atoms with E-state index >= 15 is 0 Å². The molecule has 6 nitrogen and oxygen atoms in total. The zero-order valence-electron chi connectivity index (χ0n) is 66.5. The second-order valence-corrected chi connectivity index (χ2v) is 31.0. The van der Waals surface area contributed by atoms with Crippen molar-refractivity contribution in [2.75, 3.05) is 19.6 Å². The van der Waals surface area contributed by atoms with E-state index in [1.807, 2.05) is 24.3 Å². The number of fused-ring (bicyclic) bond motifs is 6. The maximum Gasteiger partial charge on any atom is 0.143 e. The number of allylic oxidation sites excluding steroid dienone is 1. The molecule has 0 spiro atoms. The average Bonchev–Trinajstić information content (AvgIpc) is 1.71. The van der Waals surface area contributed by atoms with Gasteiger partial charge in [0.25, 0.3) is 0 Å². The molecule has 0 saturated carbocycles. The molecular formula is C115H82N4O2. The molecule has 1 aliphatic carbocycles. The molecule has 0 N–H and O–H groups in total. The molecule has 20 aromatic rings. The van der Waals surface area contributed by atoms with Crippen molar-refractivity contribution in [1.82, 2.24) is 0 Å². The zero-order chi connectivity index (χ0) is 80.4. The molecule has 2 heterocycles. The van der Waals surface area contributed by atoms with Gasteiger partial charge in [0.05, 0.1) is 6.04 Å². The predicted molar refractivity (Wildman–Crippen MR) is 506 cm³/mol. The first-order valence-corrected chi connectivity index (χ1v) is 41.5. The van der Waals surface area contributed by atoms with Crippen LogP contribution in [0.3, 0.4) is 0 Å². The summed E-state index contributed by atoms with van der Waals surface area (Å²) in [6.45, 7) is 0. The summed E-state index contributed by atoms with van der Waals surface area (Å²) >= 11 is 0. The maximum absolute atomic E-state index is 6.60. The fourth-order valence-electron chi connectivity index (χ4n) is 17.7. The normalized spacial score (nSPS) is 12.6. The third-order valence-corrected chi connectivity index (χ3v) is 23.7. The zero-order valence-corrected chi connectivity index (χ0v) is 66.5. The van der Waals surface area contributed by atoms with E-state index in [0.717, 1.165) is 169 Å². The minimum absolute atomic E-state index is 0.00797. The van der Waals surface area contributed by atoms with Crippen LogP contribution in [0.5, 0.6) is 0 Å². The molecule has 6 heteroatoms. The number of hydrogen-bond donors (Lipinski definition) is 0. The summed E-state index contributed by atoms with van der Waals surface area (Å²) < 4.78 is 13.1. The summed E-state index contributed by atoms with van der Waals surface area (Å²) in [5, 5.41) is 4.44. The van der Waals surface area contributed by atoms with Gasteiger partial charge in [-0.15, -0.1) is 0 Å². The van der Waals surface area contributed by atoms with Crippen LogP contribution in [0.4, 0.5) is 56.9 Å². The monoisotopic (exact) mass is 1550 g/mol. The number of furan rings is 2. The Hall–Kier alpha value is -15.8. The summed E-state index contributed by atoms with van der Waals surface area (Å²) in [6.07, 6.45) is 7.90. The number of hydrogen-bond acceptors (Lipinski definition) is 6. The van der Waals surface area contributed by atoms with Crippen LogP contribution in [0.25, 0.3) is 111 Å². The summed E-state index contributed by atoms with van der Waals surface area (Å²) in [7, 11) is 0. The van der Waals surface area contributed by atoms with Crippen molar-refractivity contribution in [2.24, 2.45) is 0 Å². The van der Waals surface area contributed by atoms with Crippen molar-refractivity contribution in [1.29, 1.82) is 0 Å². The van der Waals surface area contributed by atoms with Gasteiger partial charge in [-0.3, -0.25) is 0 Å². The Kier molecular flexibility index (Phi) is 19.5. The Balaban J connectivity index is 0.564. The lowest BCUT2D eigenvalue weighted by Gasteiger charge is -2.35. The van der Waals surface area contributed by atoms with Gasteiger partial charge in [-0.05, 0) is 218 Å². The summed E-state index contributed by atoms with van der Waals surface area (Å²) in [6, 6.07) is 164. The van der Waals surface area contributed by atoms with Crippen LogP contribution in [-0.4, -0.2) is 6.04 Å². The molecule has 1 unspecified atom stereocenters. The number of nitrogens with zero attached hydrogens (tertiary/aromatic N) is 4. The molecule has 21 rings (SSSR count). The van der Waals surface area contributed by atoms with Crippen molar-refractivity contribution in [3.8, 4) is 66.8 Å². The van der Waals surface area contributed by atoms with Gasteiger partial charge in [0.2, 0.25) is 0 Å². The van der Waals surface area contributed by atoms with Gasteiger partial charge in [-0.25, -0.2) is 0 Å². The van der Waals surface area contributed by atoms with E-state index in [-0.39, 0.29) is 12.0 Å². The lowest BCUT2D eigenvalue weighted by molar-refractivity contribution is 0.669. The molecule has 18 aromatic carbocycles. The highest BCUT2D eigenvalue weighted by atomic mass is 16.3. The van der Waals surface area contributed by atoms with Crippen LogP contribution in [0.15, 0.2) is 488 Å². The Morgan fingerprint density at radius 1 is 0.223 bits per heavy atom. The molecule has 121 heavy (non-hydrogen) atoms. The van der Waals surface area contributed by atoms with Gasteiger partial charge in [0.15, 0.2) is 0 Å². The first kappa shape index (κ1) is 72.9. The number of anilines is 10.